The first-order valence-electron chi connectivity index (χ1n) is 7.80. The lowest BCUT2D eigenvalue weighted by Gasteiger charge is -2.31. The van der Waals surface area contributed by atoms with Crippen LogP contribution in [0, 0.1) is 5.92 Å². The molecule has 6 heteroatoms. The quantitative estimate of drug-likeness (QED) is 0.874. The lowest BCUT2D eigenvalue weighted by molar-refractivity contribution is 0.00968. The standard InChI is InChI=1S/C14H25N5O/c1-15-10-11-5-7-19(8-6-11)14-16-13(17-18-14)12-4-2-3-9-20-12/h11-12,15H,2-10H2,1H3,(H,16,17,18). The molecule has 2 N–H and O–H groups in total. The fourth-order valence-corrected chi connectivity index (χ4v) is 3.13. The summed E-state index contributed by atoms with van der Waals surface area (Å²) in [6.45, 7) is 4.06. The number of ether oxygens (including phenoxy) is 1. The number of hydrogen-bond donors (Lipinski definition) is 2. The van der Waals surface area contributed by atoms with Crippen LogP contribution in [0.3, 0.4) is 0 Å². The number of aromatic nitrogens is 3. The third-order valence-electron chi connectivity index (χ3n) is 4.37. The molecular formula is C14H25N5O. The summed E-state index contributed by atoms with van der Waals surface area (Å²) in [5.41, 5.74) is 0. The Kier molecular flexibility index (Phi) is 4.52. The van der Waals surface area contributed by atoms with Crippen LogP contribution < -0.4 is 10.2 Å². The number of H-pyrrole nitrogens is 1. The maximum Gasteiger partial charge on any atom is 0.244 e. The molecule has 0 spiro atoms. The Morgan fingerprint density at radius 2 is 2.15 bits per heavy atom. The lowest BCUT2D eigenvalue weighted by Crippen LogP contribution is -2.37. The van der Waals surface area contributed by atoms with Crippen LogP contribution >= 0.6 is 0 Å². The monoisotopic (exact) mass is 279 g/mol. The van der Waals surface area contributed by atoms with E-state index in [1.807, 2.05) is 7.05 Å². The van der Waals surface area contributed by atoms with Gasteiger partial charge in [0.2, 0.25) is 5.95 Å². The molecule has 1 atom stereocenters. The second-order valence-corrected chi connectivity index (χ2v) is 5.86. The number of nitrogens with zero attached hydrogens (tertiary/aromatic N) is 3. The van der Waals surface area contributed by atoms with Crippen LogP contribution in [0.2, 0.25) is 0 Å². The summed E-state index contributed by atoms with van der Waals surface area (Å²) in [5, 5.41) is 10.7. The molecule has 0 radical (unpaired) electrons. The highest BCUT2D eigenvalue weighted by molar-refractivity contribution is 5.29. The average molecular weight is 279 g/mol. The Bertz CT molecular complexity index is 407. The Labute approximate surface area is 120 Å². The lowest BCUT2D eigenvalue weighted by atomic mass is 9.97. The fraction of sp³-hybridized carbons (Fsp3) is 0.857. The van der Waals surface area contributed by atoms with E-state index in [0.717, 1.165) is 56.8 Å². The second-order valence-electron chi connectivity index (χ2n) is 5.86. The smallest absolute Gasteiger partial charge is 0.244 e. The van der Waals surface area contributed by atoms with Gasteiger partial charge in [-0.05, 0) is 51.6 Å². The van der Waals surface area contributed by atoms with Gasteiger partial charge >= 0.3 is 0 Å². The van der Waals surface area contributed by atoms with Gasteiger partial charge in [-0.15, -0.1) is 5.10 Å². The third kappa shape index (κ3) is 3.12. The van der Waals surface area contributed by atoms with E-state index in [0.29, 0.717) is 0 Å². The van der Waals surface area contributed by atoms with Gasteiger partial charge in [-0.25, -0.2) is 0 Å². The topological polar surface area (TPSA) is 66.1 Å². The number of anilines is 1. The van der Waals surface area contributed by atoms with Gasteiger partial charge in [-0.3, -0.25) is 5.10 Å². The summed E-state index contributed by atoms with van der Waals surface area (Å²) in [6.07, 6.45) is 5.98. The first-order chi connectivity index (χ1) is 9.86. The van der Waals surface area contributed by atoms with Gasteiger partial charge in [0.15, 0.2) is 5.82 Å². The molecule has 2 saturated heterocycles. The second kappa shape index (κ2) is 6.54. The van der Waals surface area contributed by atoms with Crippen molar-refractivity contribution < 1.29 is 4.74 Å². The molecule has 2 aliphatic heterocycles. The van der Waals surface area contributed by atoms with Crippen LogP contribution in [0.4, 0.5) is 5.95 Å². The summed E-state index contributed by atoms with van der Waals surface area (Å²) in [7, 11) is 2.03. The molecule has 0 bridgehead atoms. The summed E-state index contributed by atoms with van der Waals surface area (Å²) in [4.78, 5) is 6.93. The molecule has 0 aromatic carbocycles. The van der Waals surface area contributed by atoms with Crippen LogP contribution in [0.1, 0.15) is 44.0 Å². The van der Waals surface area contributed by atoms with E-state index in [-0.39, 0.29) is 6.10 Å². The minimum Gasteiger partial charge on any atom is -0.370 e. The van der Waals surface area contributed by atoms with Gasteiger partial charge in [0.1, 0.15) is 6.10 Å². The third-order valence-corrected chi connectivity index (χ3v) is 4.37. The predicted molar refractivity (Wildman–Crippen MR) is 77.8 cm³/mol. The predicted octanol–water partition coefficient (Wildman–Crippen LogP) is 1.48. The highest BCUT2D eigenvalue weighted by atomic mass is 16.5. The molecule has 112 valence electrons. The van der Waals surface area contributed by atoms with E-state index in [9.17, 15) is 0 Å². The largest absolute Gasteiger partial charge is 0.370 e. The first-order valence-corrected chi connectivity index (χ1v) is 7.80. The summed E-state index contributed by atoms with van der Waals surface area (Å²) >= 11 is 0. The first kappa shape index (κ1) is 13.8. The van der Waals surface area contributed by atoms with Crippen molar-refractivity contribution >= 4 is 5.95 Å². The Morgan fingerprint density at radius 1 is 1.30 bits per heavy atom. The molecule has 0 saturated carbocycles. The van der Waals surface area contributed by atoms with Gasteiger partial charge in [-0.1, -0.05) is 0 Å². The van der Waals surface area contributed by atoms with Crippen molar-refractivity contribution in [2.45, 2.75) is 38.2 Å². The fourth-order valence-electron chi connectivity index (χ4n) is 3.13. The minimum absolute atomic E-state index is 0.117. The molecular weight excluding hydrogens is 254 g/mol. The van der Waals surface area contributed by atoms with Crippen LogP contribution in [-0.4, -0.2) is 48.5 Å². The van der Waals surface area contributed by atoms with Crippen LogP contribution in [-0.2, 0) is 4.74 Å². The maximum atomic E-state index is 5.75. The van der Waals surface area contributed by atoms with Crippen LogP contribution in [0.25, 0.3) is 0 Å². The highest BCUT2D eigenvalue weighted by Crippen LogP contribution is 2.27. The molecule has 3 rings (SSSR count). The Balaban J connectivity index is 1.57. The maximum absolute atomic E-state index is 5.75. The van der Waals surface area contributed by atoms with Crippen molar-refractivity contribution in [1.29, 1.82) is 0 Å². The minimum atomic E-state index is 0.117. The van der Waals surface area contributed by atoms with E-state index in [1.54, 1.807) is 0 Å². The summed E-state index contributed by atoms with van der Waals surface area (Å²) in [5.74, 6) is 2.53. The van der Waals surface area contributed by atoms with Gasteiger partial charge < -0.3 is 15.0 Å². The van der Waals surface area contributed by atoms with E-state index in [4.69, 9.17) is 4.74 Å². The van der Waals surface area contributed by atoms with Crippen LogP contribution in [0.15, 0.2) is 0 Å². The molecule has 6 nitrogen and oxygen atoms in total. The van der Waals surface area contributed by atoms with Crippen molar-refractivity contribution in [3.05, 3.63) is 5.82 Å². The summed E-state index contributed by atoms with van der Waals surface area (Å²) in [6, 6.07) is 0. The molecule has 20 heavy (non-hydrogen) atoms. The van der Waals surface area contributed by atoms with E-state index >= 15 is 0 Å². The highest BCUT2D eigenvalue weighted by Gasteiger charge is 2.24. The molecule has 2 aliphatic rings. The number of piperidine rings is 1. The van der Waals surface area contributed by atoms with E-state index in [2.05, 4.69) is 25.4 Å². The zero-order chi connectivity index (χ0) is 13.8. The van der Waals surface area contributed by atoms with Gasteiger partial charge in [0, 0.05) is 19.7 Å². The Hall–Kier alpha value is -1.14. The zero-order valence-corrected chi connectivity index (χ0v) is 12.3. The van der Waals surface area contributed by atoms with Crippen molar-refractivity contribution in [1.82, 2.24) is 20.5 Å². The molecule has 0 aliphatic carbocycles. The van der Waals surface area contributed by atoms with E-state index < -0.39 is 0 Å². The van der Waals surface area contributed by atoms with E-state index in [1.165, 1.54) is 19.3 Å². The van der Waals surface area contributed by atoms with Crippen molar-refractivity contribution in [3.8, 4) is 0 Å². The zero-order valence-electron chi connectivity index (χ0n) is 12.3. The normalized spacial score (nSPS) is 25.1. The molecule has 1 unspecified atom stereocenters. The molecule has 1 aromatic heterocycles. The SMILES string of the molecule is CNCC1CCN(c2n[nH]c(C3CCCCO3)n2)CC1. The number of hydrogen-bond acceptors (Lipinski definition) is 5. The molecule has 1 aromatic rings. The molecule has 0 amide bonds. The van der Waals surface area contributed by atoms with Gasteiger partial charge in [0.25, 0.3) is 0 Å². The van der Waals surface area contributed by atoms with Crippen LogP contribution in [0.5, 0.6) is 0 Å². The summed E-state index contributed by atoms with van der Waals surface area (Å²) < 4.78 is 5.75. The van der Waals surface area contributed by atoms with Crippen molar-refractivity contribution in [2.24, 2.45) is 5.92 Å². The number of nitrogens with one attached hydrogen (secondary N) is 2. The molecule has 3 heterocycles. The van der Waals surface area contributed by atoms with Crippen molar-refractivity contribution in [2.75, 3.05) is 38.2 Å². The number of aromatic amines is 1. The molecule has 2 fully saturated rings. The van der Waals surface area contributed by atoms with Gasteiger partial charge in [0.05, 0.1) is 0 Å². The average Bonchev–Trinajstić information content (AvgIpc) is 2.99. The van der Waals surface area contributed by atoms with Gasteiger partial charge in [-0.2, -0.15) is 4.98 Å². The number of rotatable bonds is 4. The Morgan fingerprint density at radius 3 is 2.85 bits per heavy atom. The van der Waals surface area contributed by atoms with Crippen molar-refractivity contribution in [3.63, 3.8) is 0 Å².